The summed E-state index contributed by atoms with van der Waals surface area (Å²) in [7, 11) is 0. The molecule has 0 aliphatic heterocycles. The van der Waals surface area contributed by atoms with E-state index in [-0.39, 0.29) is 12.3 Å². The summed E-state index contributed by atoms with van der Waals surface area (Å²) in [6, 6.07) is 13.5. The molecule has 2 heterocycles. The Bertz CT molecular complexity index is 1320. The first kappa shape index (κ1) is 21.9. The minimum Gasteiger partial charge on any atom is -0.481 e. The highest BCUT2D eigenvalue weighted by Gasteiger charge is 2.19. The summed E-state index contributed by atoms with van der Waals surface area (Å²) >= 11 is 2.79. The molecule has 4 rings (SSSR count). The molecule has 0 saturated carbocycles. The maximum Gasteiger partial charge on any atom is 0.307 e. The van der Waals surface area contributed by atoms with E-state index in [9.17, 15) is 14.7 Å². The fourth-order valence-corrected chi connectivity index (χ4v) is 5.10. The van der Waals surface area contributed by atoms with Crippen LogP contribution in [0.2, 0.25) is 0 Å². The number of aromatic nitrogens is 2. The molecule has 0 bridgehead atoms. The van der Waals surface area contributed by atoms with Gasteiger partial charge in [-0.3, -0.25) is 14.5 Å². The molecule has 0 aliphatic carbocycles. The van der Waals surface area contributed by atoms with Crippen LogP contribution in [0.15, 0.2) is 47.8 Å². The van der Waals surface area contributed by atoms with E-state index in [0.29, 0.717) is 21.4 Å². The van der Waals surface area contributed by atoms with Gasteiger partial charge in [0, 0.05) is 17.9 Å². The normalized spacial score (nSPS) is 11.7. The van der Waals surface area contributed by atoms with Crippen molar-refractivity contribution in [1.82, 2.24) is 9.97 Å². The molecular formula is C24H21N3O3S2. The van der Waals surface area contributed by atoms with E-state index in [1.165, 1.54) is 29.6 Å². The quantitative estimate of drug-likeness (QED) is 0.375. The molecular weight excluding hydrogens is 442 g/mol. The van der Waals surface area contributed by atoms with E-state index < -0.39 is 5.97 Å². The maximum absolute atomic E-state index is 12.4. The molecule has 1 N–H and O–H groups in total. The number of hydrogen-bond donors (Lipinski definition) is 1. The summed E-state index contributed by atoms with van der Waals surface area (Å²) in [5.41, 5.74) is 4.99. The van der Waals surface area contributed by atoms with Gasteiger partial charge in [0.1, 0.15) is 5.01 Å². The van der Waals surface area contributed by atoms with Crippen molar-refractivity contribution < 1.29 is 14.7 Å². The van der Waals surface area contributed by atoms with Gasteiger partial charge < -0.3 is 5.11 Å². The Kier molecular flexibility index (Phi) is 6.16. The highest BCUT2D eigenvalue weighted by molar-refractivity contribution is 7.19. The average molecular weight is 464 g/mol. The molecule has 0 fully saturated rings. The number of benzene rings is 2. The zero-order chi connectivity index (χ0) is 22.8. The number of carbonyl (C=O) groups excluding carboxylic acids is 1. The standard InChI is InChI=1S/C24H21N3O3S2/c1-14-8-9-19(10-15(14)2)27(16(3)28)24-25-18(13-31-24)11-17(12-22(29)30)23-26-20-6-4-5-7-21(20)32-23/h4-11,13H,12H2,1-3H3,(H,29,30)/b17-11+. The molecule has 0 saturated heterocycles. The topological polar surface area (TPSA) is 83.4 Å². The molecule has 2 aromatic carbocycles. The van der Waals surface area contributed by atoms with Gasteiger partial charge >= 0.3 is 5.97 Å². The third-order valence-corrected chi connectivity index (χ3v) is 6.95. The van der Waals surface area contributed by atoms with Crippen LogP contribution in [0.25, 0.3) is 21.9 Å². The van der Waals surface area contributed by atoms with Crippen molar-refractivity contribution in [1.29, 1.82) is 0 Å². The van der Waals surface area contributed by atoms with Crippen LogP contribution >= 0.6 is 22.7 Å². The monoisotopic (exact) mass is 463 g/mol. The van der Waals surface area contributed by atoms with Crippen molar-refractivity contribution in [2.75, 3.05) is 4.90 Å². The lowest BCUT2D eigenvalue weighted by atomic mass is 10.1. The summed E-state index contributed by atoms with van der Waals surface area (Å²) in [5, 5.41) is 12.4. The molecule has 0 unspecified atom stereocenters. The Hall–Kier alpha value is -3.36. The van der Waals surface area contributed by atoms with Gasteiger partial charge in [-0.25, -0.2) is 9.97 Å². The summed E-state index contributed by atoms with van der Waals surface area (Å²) in [5.74, 6) is -1.08. The fraction of sp³-hybridized carbons (Fsp3) is 0.167. The Labute approximate surface area is 193 Å². The summed E-state index contributed by atoms with van der Waals surface area (Å²) in [6.07, 6.45) is 1.57. The van der Waals surface area contributed by atoms with Gasteiger partial charge in [-0.2, -0.15) is 0 Å². The van der Waals surface area contributed by atoms with Crippen molar-refractivity contribution in [3.8, 4) is 0 Å². The van der Waals surface area contributed by atoms with Crippen LogP contribution in [-0.2, 0) is 9.59 Å². The van der Waals surface area contributed by atoms with E-state index in [1.807, 2.05) is 61.7 Å². The van der Waals surface area contributed by atoms with Crippen LogP contribution in [0.3, 0.4) is 0 Å². The van der Waals surface area contributed by atoms with E-state index in [2.05, 4.69) is 9.97 Å². The summed E-state index contributed by atoms with van der Waals surface area (Å²) in [6.45, 7) is 5.53. The highest BCUT2D eigenvalue weighted by atomic mass is 32.1. The van der Waals surface area contributed by atoms with Crippen molar-refractivity contribution in [3.63, 3.8) is 0 Å². The largest absolute Gasteiger partial charge is 0.481 e. The zero-order valence-corrected chi connectivity index (χ0v) is 19.5. The molecule has 32 heavy (non-hydrogen) atoms. The molecule has 0 atom stereocenters. The van der Waals surface area contributed by atoms with Crippen LogP contribution in [0.1, 0.15) is 35.2 Å². The number of thiazole rings is 2. The van der Waals surface area contributed by atoms with Gasteiger partial charge in [0.05, 0.1) is 28.0 Å². The minimum atomic E-state index is -0.938. The van der Waals surface area contributed by atoms with Crippen LogP contribution < -0.4 is 4.90 Å². The van der Waals surface area contributed by atoms with Crippen molar-refractivity contribution >= 4 is 67.2 Å². The number of anilines is 2. The predicted molar refractivity (Wildman–Crippen MR) is 131 cm³/mol. The number of aliphatic carboxylic acids is 1. The molecule has 8 heteroatoms. The second kappa shape index (κ2) is 9.02. The van der Waals surface area contributed by atoms with Crippen LogP contribution in [0.4, 0.5) is 10.8 Å². The van der Waals surface area contributed by atoms with E-state index in [4.69, 9.17) is 0 Å². The Morgan fingerprint density at radius 2 is 1.88 bits per heavy atom. The van der Waals surface area contributed by atoms with Crippen LogP contribution in [-0.4, -0.2) is 27.0 Å². The molecule has 6 nitrogen and oxygen atoms in total. The first-order valence-electron chi connectivity index (χ1n) is 9.93. The van der Waals surface area contributed by atoms with Gasteiger partial charge in [-0.15, -0.1) is 22.7 Å². The van der Waals surface area contributed by atoms with Crippen LogP contribution in [0, 0.1) is 13.8 Å². The number of nitrogens with zero attached hydrogens (tertiary/aromatic N) is 3. The predicted octanol–water partition coefficient (Wildman–Crippen LogP) is 6.07. The summed E-state index contributed by atoms with van der Waals surface area (Å²) < 4.78 is 0.996. The SMILES string of the molecule is CC(=O)N(c1ccc(C)c(C)c1)c1nc(/C=C(\CC(=O)O)c2nc3ccccc3s2)cs1. The third-order valence-electron chi connectivity index (χ3n) is 5.00. The number of carbonyl (C=O) groups is 2. The molecule has 0 spiro atoms. The van der Waals surface area contributed by atoms with Gasteiger partial charge in [0.25, 0.3) is 0 Å². The van der Waals surface area contributed by atoms with Crippen molar-refractivity contribution in [2.45, 2.75) is 27.2 Å². The number of hydrogen-bond acceptors (Lipinski definition) is 6. The van der Waals surface area contributed by atoms with Gasteiger partial charge in [-0.1, -0.05) is 18.2 Å². The van der Waals surface area contributed by atoms with E-state index >= 15 is 0 Å². The third kappa shape index (κ3) is 4.61. The Balaban J connectivity index is 1.72. The molecule has 162 valence electrons. The molecule has 2 aromatic heterocycles. The van der Waals surface area contributed by atoms with Gasteiger partial charge in [0.15, 0.2) is 5.13 Å². The molecule has 0 radical (unpaired) electrons. The maximum atomic E-state index is 12.4. The number of fused-ring (bicyclic) bond motifs is 1. The first-order chi connectivity index (χ1) is 15.3. The van der Waals surface area contributed by atoms with Crippen molar-refractivity contribution in [3.05, 3.63) is 69.7 Å². The number of aryl methyl sites for hydroxylation is 2. The van der Waals surface area contributed by atoms with Gasteiger partial charge in [-0.05, 0) is 55.3 Å². The Morgan fingerprint density at radius 3 is 2.56 bits per heavy atom. The number of rotatable bonds is 6. The van der Waals surface area contributed by atoms with E-state index in [1.54, 1.807) is 11.0 Å². The number of carboxylic acid groups (broad SMARTS) is 1. The lowest BCUT2D eigenvalue weighted by molar-refractivity contribution is -0.135. The smallest absolute Gasteiger partial charge is 0.307 e. The van der Waals surface area contributed by atoms with Crippen LogP contribution in [0.5, 0.6) is 0 Å². The lowest BCUT2D eigenvalue weighted by Crippen LogP contribution is -2.22. The van der Waals surface area contributed by atoms with E-state index in [0.717, 1.165) is 27.0 Å². The number of carboxylic acids is 1. The Morgan fingerprint density at radius 1 is 1.09 bits per heavy atom. The first-order valence-corrected chi connectivity index (χ1v) is 11.6. The van der Waals surface area contributed by atoms with Gasteiger partial charge in [0.2, 0.25) is 5.91 Å². The lowest BCUT2D eigenvalue weighted by Gasteiger charge is -2.19. The molecule has 4 aromatic rings. The molecule has 1 amide bonds. The minimum absolute atomic E-state index is 0.143. The average Bonchev–Trinajstić information content (AvgIpc) is 3.36. The molecule has 0 aliphatic rings. The zero-order valence-electron chi connectivity index (χ0n) is 17.8. The second-order valence-electron chi connectivity index (χ2n) is 7.40. The number of para-hydroxylation sites is 1. The van der Waals surface area contributed by atoms with Crippen molar-refractivity contribution in [2.24, 2.45) is 0 Å². The highest BCUT2D eigenvalue weighted by Crippen LogP contribution is 2.33. The second-order valence-corrected chi connectivity index (χ2v) is 9.27. The summed E-state index contributed by atoms with van der Waals surface area (Å²) in [4.78, 5) is 34.7. The number of amides is 1. The fourth-order valence-electron chi connectivity index (χ4n) is 3.28.